The van der Waals surface area contributed by atoms with E-state index in [1.165, 1.54) is 0 Å². The summed E-state index contributed by atoms with van der Waals surface area (Å²) in [6.45, 7) is 9.48. The molecule has 0 aromatic rings. The fourth-order valence-electron chi connectivity index (χ4n) is 4.09. The number of likely N-dealkylation sites (tertiary alicyclic amines) is 2. The molecule has 0 aliphatic carbocycles. The molecule has 2 amide bonds. The zero-order valence-corrected chi connectivity index (χ0v) is 14.2. The van der Waals surface area contributed by atoms with Crippen LogP contribution >= 0.6 is 0 Å². The van der Waals surface area contributed by atoms with Crippen LogP contribution < -0.4 is 0 Å². The van der Waals surface area contributed by atoms with Gasteiger partial charge >= 0.3 is 0 Å². The molecular formula is C17H29N3O3. The Morgan fingerprint density at radius 1 is 1.09 bits per heavy atom. The van der Waals surface area contributed by atoms with E-state index in [4.69, 9.17) is 4.74 Å². The number of nitrogens with zero attached hydrogens (tertiary/aromatic N) is 3. The van der Waals surface area contributed by atoms with Crippen molar-refractivity contribution in [3.05, 3.63) is 0 Å². The minimum absolute atomic E-state index is 0.170. The molecule has 0 radical (unpaired) electrons. The Morgan fingerprint density at radius 3 is 2.57 bits per heavy atom. The van der Waals surface area contributed by atoms with Gasteiger partial charge in [-0.15, -0.1) is 0 Å². The first-order chi connectivity index (χ1) is 11.1. The van der Waals surface area contributed by atoms with Crippen molar-refractivity contribution in [2.24, 2.45) is 11.8 Å². The standard InChI is InChI=1S/C17H29N3O3/c1-14(21)20-5-2-15-12-17(22)19(4-3-16(15)13-20)7-6-18-8-10-23-11-9-18/h15-16H,2-13H2,1H3/t15-,16-/m0/s1. The summed E-state index contributed by atoms with van der Waals surface area (Å²) in [6, 6.07) is 0. The van der Waals surface area contributed by atoms with Crippen LogP contribution in [-0.2, 0) is 14.3 Å². The van der Waals surface area contributed by atoms with E-state index in [0.29, 0.717) is 24.2 Å². The molecule has 0 aromatic heterocycles. The van der Waals surface area contributed by atoms with Gasteiger partial charge in [-0.1, -0.05) is 0 Å². The molecule has 0 spiro atoms. The Balaban J connectivity index is 1.52. The third-order valence-corrected chi connectivity index (χ3v) is 5.69. The van der Waals surface area contributed by atoms with Crippen molar-refractivity contribution in [2.45, 2.75) is 26.2 Å². The van der Waals surface area contributed by atoms with Crippen LogP contribution in [0.1, 0.15) is 26.2 Å². The lowest BCUT2D eigenvalue weighted by atomic mass is 9.82. The molecule has 0 saturated carbocycles. The summed E-state index contributed by atoms with van der Waals surface area (Å²) in [5.74, 6) is 1.43. The predicted octanol–water partition coefficient (Wildman–Crippen LogP) is 0.426. The van der Waals surface area contributed by atoms with Crippen LogP contribution in [-0.4, -0.2) is 85.5 Å². The van der Waals surface area contributed by atoms with Crippen LogP contribution in [0, 0.1) is 11.8 Å². The minimum Gasteiger partial charge on any atom is -0.379 e. The second-order valence-corrected chi connectivity index (χ2v) is 7.10. The molecule has 6 heteroatoms. The first-order valence-corrected chi connectivity index (χ1v) is 8.97. The third-order valence-electron chi connectivity index (χ3n) is 5.69. The first-order valence-electron chi connectivity index (χ1n) is 8.97. The summed E-state index contributed by atoms with van der Waals surface area (Å²) in [6.07, 6.45) is 2.68. The number of rotatable bonds is 3. The minimum atomic E-state index is 0.170. The maximum absolute atomic E-state index is 12.6. The molecule has 3 aliphatic rings. The maximum atomic E-state index is 12.6. The number of hydrogen-bond donors (Lipinski definition) is 0. The van der Waals surface area contributed by atoms with E-state index in [-0.39, 0.29) is 5.91 Å². The van der Waals surface area contributed by atoms with Crippen LogP contribution in [0.2, 0.25) is 0 Å². The Hall–Kier alpha value is -1.14. The van der Waals surface area contributed by atoms with Gasteiger partial charge in [0, 0.05) is 59.2 Å². The molecule has 6 nitrogen and oxygen atoms in total. The summed E-state index contributed by atoms with van der Waals surface area (Å²) in [4.78, 5) is 30.5. The summed E-state index contributed by atoms with van der Waals surface area (Å²) in [7, 11) is 0. The number of piperidine rings is 1. The lowest BCUT2D eigenvalue weighted by molar-refractivity contribution is -0.132. The first kappa shape index (κ1) is 16.7. The average Bonchev–Trinajstić information content (AvgIpc) is 2.71. The molecule has 3 fully saturated rings. The zero-order valence-electron chi connectivity index (χ0n) is 14.2. The molecule has 0 unspecified atom stereocenters. The van der Waals surface area contributed by atoms with Crippen LogP contribution in [0.3, 0.4) is 0 Å². The molecule has 23 heavy (non-hydrogen) atoms. The van der Waals surface area contributed by atoms with Gasteiger partial charge in [-0.25, -0.2) is 0 Å². The second kappa shape index (κ2) is 7.62. The number of hydrogen-bond acceptors (Lipinski definition) is 4. The zero-order chi connectivity index (χ0) is 16.2. The molecule has 3 heterocycles. The largest absolute Gasteiger partial charge is 0.379 e. The molecule has 2 atom stereocenters. The van der Waals surface area contributed by atoms with Crippen molar-refractivity contribution in [1.29, 1.82) is 0 Å². The Morgan fingerprint density at radius 2 is 1.83 bits per heavy atom. The van der Waals surface area contributed by atoms with E-state index < -0.39 is 0 Å². The molecule has 0 bridgehead atoms. The van der Waals surface area contributed by atoms with Gasteiger partial charge in [-0.2, -0.15) is 0 Å². The van der Waals surface area contributed by atoms with Gasteiger partial charge in [-0.05, 0) is 24.7 Å². The van der Waals surface area contributed by atoms with Crippen molar-refractivity contribution in [3.63, 3.8) is 0 Å². The van der Waals surface area contributed by atoms with Crippen molar-refractivity contribution < 1.29 is 14.3 Å². The number of fused-ring (bicyclic) bond motifs is 1. The van der Waals surface area contributed by atoms with Gasteiger partial charge in [0.2, 0.25) is 11.8 Å². The highest BCUT2D eigenvalue weighted by atomic mass is 16.5. The molecule has 0 N–H and O–H groups in total. The molecule has 0 aromatic carbocycles. The van der Waals surface area contributed by atoms with E-state index in [2.05, 4.69) is 4.90 Å². The SMILES string of the molecule is CC(=O)N1CC[C@H]2CC(=O)N(CCN3CCOCC3)CC[C@H]2C1. The van der Waals surface area contributed by atoms with Crippen LogP contribution in [0.25, 0.3) is 0 Å². The highest BCUT2D eigenvalue weighted by Gasteiger charge is 2.35. The van der Waals surface area contributed by atoms with Crippen molar-refractivity contribution >= 4 is 11.8 Å². The number of carbonyl (C=O) groups excluding carboxylic acids is 2. The fraction of sp³-hybridized carbons (Fsp3) is 0.882. The number of amides is 2. The fourth-order valence-corrected chi connectivity index (χ4v) is 4.09. The van der Waals surface area contributed by atoms with Gasteiger partial charge in [0.05, 0.1) is 13.2 Å². The highest BCUT2D eigenvalue weighted by Crippen LogP contribution is 2.32. The normalized spacial score (nSPS) is 30.0. The quantitative estimate of drug-likeness (QED) is 0.756. The van der Waals surface area contributed by atoms with Crippen LogP contribution in [0.15, 0.2) is 0 Å². The van der Waals surface area contributed by atoms with Crippen molar-refractivity contribution in [2.75, 3.05) is 59.0 Å². The smallest absolute Gasteiger partial charge is 0.222 e. The summed E-state index contributed by atoms with van der Waals surface area (Å²) >= 11 is 0. The molecular weight excluding hydrogens is 294 g/mol. The Labute approximate surface area is 138 Å². The highest BCUT2D eigenvalue weighted by molar-refractivity contribution is 5.77. The molecule has 3 rings (SSSR count). The summed E-state index contributed by atoms with van der Waals surface area (Å²) in [5.41, 5.74) is 0. The van der Waals surface area contributed by atoms with Gasteiger partial charge in [0.15, 0.2) is 0 Å². The monoisotopic (exact) mass is 323 g/mol. The lowest BCUT2D eigenvalue weighted by Gasteiger charge is -2.36. The maximum Gasteiger partial charge on any atom is 0.222 e. The van der Waals surface area contributed by atoms with E-state index >= 15 is 0 Å². The predicted molar refractivity (Wildman–Crippen MR) is 86.9 cm³/mol. The van der Waals surface area contributed by atoms with E-state index in [0.717, 1.165) is 71.9 Å². The summed E-state index contributed by atoms with van der Waals surface area (Å²) in [5, 5.41) is 0. The Kier molecular flexibility index (Phi) is 5.54. The van der Waals surface area contributed by atoms with Gasteiger partial charge in [0.1, 0.15) is 0 Å². The Bertz CT molecular complexity index is 437. The lowest BCUT2D eigenvalue weighted by Crippen LogP contribution is -2.43. The average molecular weight is 323 g/mol. The molecule has 3 saturated heterocycles. The van der Waals surface area contributed by atoms with Gasteiger partial charge < -0.3 is 14.5 Å². The van der Waals surface area contributed by atoms with E-state index in [9.17, 15) is 9.59 Å². The molecule has 3 aliphatic heterocycles. The van der Waals surface area contributed by atoms with Gasteiger partial charge in [0.25, 0.3) is 0 Å². The number of morpholine rings is 1. The summed E-state index contributed by atoms with van der Waals surface area (Å²) < 4.78 is 5.37. The third kappa shape index (κ3) is 4.23. The van der Waals surface area contributed by atoms with Crippen LogP contribution in [0.4, 0.5) is 0 Å². The van der Waals surface area contributed by atoms with Crippen molar-refractivity contribution in [3.8, 4) is 0 Å². The van der Waals surface area contributed by atoms with E-state index in [1.54, 1.807) is 6.92 Å². The number of ether oxygens (including phenoxy) is 1. The van der Waals surface area contributed by atoms with E-state index in [1.807, 2.05) is 9.80 Å². The van der Waals surface area contributed by atoms with Crippen LogP contribution in [0.5, 0.6) is 0 Å². The van der Waals surface area contributed by atoms with Crippen molar-refractivity contribution in [1.82, 2.24) is 14.7 Å². The number of carbonyl (C=O) groups is 2. The second-order valence-electron chi connectivity index (χ2n) is 7.10. The molecule has 130 valence electrons. The van der Waals surface area contributed by atoms with Gasteiger partial charge in [-0.3, -0.25) is 14.5 Å². The topological polar surface area (TPSA) is 53.1 Å².